The van der Waals surface area contributed by atoms with Crippen molar-refractivity contribution < 1.29 is 38.0 Å². The van der Waals surface area contributed by atoms with Crippen LogP contribution in [0.4, 0.5) is 0 Å². The molecule has 0 saturated carbocycles. The first-order valence-corrected chi connectivity index (χ1v) is 15.3. The summed E-state index contributed by atoms with van der Waals surface area (Å²) in [4.78, 5) is 0. The van der Waals surface area contributed by atoms with Crippen LogP contribution in [0.3, 0.4) is 0 Å². The maximum atomic E-state index is 8.49. The van der Waals surface area contributed by atoms with Crippen molar-refractivity contribution in [1.82, 2.24) is 0 Å². The number of benzene rings is 4. The minimum atomic E-state index is -4.94. The van der Waals surface area contributed by atoms with Crippen LogP contribution < -0.4 is 18.6 Å². The summed E-state index contributed by atoms with van der Waals surface area (Å²) < 4.78 is 46.7. The molecule has 0 saturated heterocycles. The molecule has 0 spiro atoms. The number of ether oxygens (including phenoxy) is 1. The van der Waals surface area contributed by atoms with Crippen LogP contribution in [0.1, 0.15) is 23.6 Å². The van der Waals surface area contributed by atoms with Crippen molar-refractivity contribution in [2.45, 2.75) is 6.92 Å². The molecule has 0 amide bonds. The predicted molar refractivity (Wildman–Crippen MR) is 166 cm³/mol. The fourth-order valence-corrected chi connectivity index (χ4v) is 4.76. The SMILES string of the molecule is CC(=Cc1cc(-c2ccccc2)[o+]c(-c2ccccc2)c1)C=C1C=C(c2ccccc2)OC(c2ccccc2)=C1.[O-][Cl+3]([O-])([O-])[O-]. The molecule has 0 radical (unpaired) electrons. The lowest BCUT2D eigenvalue weighted by Crippen LogP contribution is -2.68. The van der Waals surface area contributed by atoms with E-state index in [0.29, 0.717) is 0 Å². The molecule has 1 aliphatic heterocycles. The highest BCUT2D eigenvalue weighted by atomic mass is 35.7. The maximum absolute atomic E-state index is 8.49. The fourth-order valence-electron chi connectivity index (χ4n) is 4.76. The van der Waals surface area contributed by atoms with Crippen LogP contribution in [-0.4, -0.2) is 0 Å². The Morgan fingerprint density at radius 2 is 0.933 bits per heavy atom. The van der Waals surface area contributed by atoms with Gasteiger partial charge in [0.15, 0.2) is 0 Å². The van der Waals surface area contributed by atoms with Crippen LogP contribution in [0.15, 0.2) is 167 Å². The Bertz CT molecular complexity index is 1720. The molecule has 45 heavy (non-hydrogen) atoms. The summed E-state index contributed by atoms with van der Waals surface area (Å²) in [5.41, 5.74) is 7.44. The number of allylic oxidation sites excluding steroid dienone is 5. The molecule has 0 aliphatic carbocycles. The zero-order valence-corrected chi connectivity index (χ0v) is 25.1. The molecule has 2 heterocycles. The van der Waals surface area contributed by atoms with Crippen LogP contribution in [0.5, 0.6) is 0 Å². The van der Waals surface area contributed by atoms with Gasteiger partial charge < -0.3 is 4.74 Å². The summed E-state index contributed by atoms with van der Waals surface area (Å²) in [6.07, 6.45) is 8.60. The molecule has 224 valence electrons. The minimum Gasteiger partial charge on any atom is -0.456 e. The van der Waals surface area contributed by atoms with E-state index in [-0.39, 0.29) is 0 Å². The lowest BCUT2D eigenvalue weighted by Gasteiger charge is -2.19. The van der Waals surface area contributed by atoms with E-state index in [2.05, 4.69) is 91.9 Å². The van der Waals surface area contributed by atoms with Gasteiger partial charge in [-0.2, -0.15) is 0 Å². The smallest absolute Gasteiger partial charge is 0.361 e. The van der Waals surface area contributed by atoms with E-state index in [1.165, 1.54) is 0 Å². The van der Waals surface area contributed by atoms with Crippen LogP contribution in [0, 0.1) is 10.2 Å². The van der Waals surface area contributed by atoms with Crippen LogP contribution in [0.2, 0.25) is 0 Å². The summed E-state index contributed by atoms with van der Waals surface area (Å²) in [5.74, 6) is 3.32. The molecular formula is C38H29ClO6. The molecule has 0 fully saturated rings. The first kappa shape index (κ1) is 31.3. The molecule has 6 nitrogen and oxygen atoms in total. The Morgan fingerprint density at radius 3 is 1.31 bits per heavy atom. The number of halogens is 1. The second-order valence-corrected chi connectivity index (χ2v) is 10.9. The predicted octanol–water partition coefficient (Wildman–Crippen LogP) is 5.58. The zero-order valence-electron chi connectivity index (χ0n) is 24.3. The summed E-state index contributed by atoms with van der Waals surface area (Å²) >= 11 is 0. The van der Waals surface area contributed by atoms with Gasteiger partial charge in [-0.1, -0.05) is 109 Å². The van der Waals surface area contributed by atoms with Gasteiger partial charge >= 0.3 is 11.5 Å². The van der Waals surface area contributed by atoms with Gasteiger partial charge in [0.1, 0.15) is 11.5 Å². The molecule has 0 unspecified atom stereocenters. The minimum absolute atomic E-state index is 0.831. The van der Waals surface area contributed by atoms with Crippen molar-refractivity contribution >= 4 is 17.6 Å². The molecule has 0 N–H and O–H groups in total. The zero-order chi connectivity index (χ0) is 31.6. The lowest BCUT2D eigenvalue weighted by atomic mass is 10.0. The molecule has 0 atom stereocenters. The number of rotatable bonds is 6. The Kier molecular flexibility index (Phi) is 10.2. The fraction of sp³-hybridized carbons (Fsp3) is 0.0263. The van der Waals surface area contributed by atoms with Gasteiger partial charge in [-0.25, -0.2) is 23.1 Å². The van der Waals surface area contributed by atoms with Gasteiger partial charge in [0, 0.05) is 11.1 Å². The molecule has 5 aromatic rings. The Balaban J connectivity index is 0.000000743. The van der Waals surface area contributed by atoms with E-state index in [1.54, 1.807) is 0 Å². The second kappa shape index (κ2) is 14.6. The van der Waals surface area contributed by atoms with Crippen molar-refractivity contribution in [2.24, 2.45) is 0 Å². The Hall–Kier alpha value is -5.08. The highest BCUT2D eigenvalue weighted by Gasteiger charge is 2.19. The molecule has 7 heteroatoms. The average Bonchev–Trinajstić information content (AvgIpc) is 3.05. The van der Waals surface area contributed by atoms with Crippen molar-refractivity contribution in [2.75, 3.05) is 0 Å². The monoisotopic (exact) mass is 616 g/mol. The van der Waals surface area contributed by atoms with E-state index in [4.69, 9.17) is 27.8 Å². The quantitative estimate of drug-likeness (QED) is 0.230. The average molecular weight is 617 g/mol. The van der Waals surface area contributed by atoms with E-state index >= 15 is 0 Å². The van der Waals surface area contributed by atoms with Crippen LogP contribution in [-0.2, 0) is 4.74 Å². The van der Waals surface area contributed by atoms with Crippen molar-refractivity contribution in [3.05, 3.63) is 180 Å². The standard InChI is InChI=1S/C38H29O2.ClHO4/c1-28(22-29-24-35(31-14-6-2-7-15-31)39-36(25-29)32-16-8-3-9-17-32)23-30-26-37(33-18-10-4-11-19-33)40-38(27-30)34-20-12-5-13-21-34;2-1(3,4)5/h2-27H,1H3;(H,2,3,4,5)/q+1;/p-1. The van der Waals surface area contributed by atoms with Gasteiger partial charge in [-0.05, 0) is 60.1 Å². The summed E-state index contributed by atoms with van der Waals surface area (Å²) in [6, 6.07) is 45.1. The highest BCUT2D eigenvalue weighted by Crippen LogP contribution is 2.33. The Labute approximate surface area is 264 Å². The Morgan fingerprint density at radius 1 is 0.578 bits per heavy atom. The van der Waals surface area contributed by atoms with E-state index in [9.17, 15) is 0 Å². The van der Waals surface area contributed by atoms with Gasteiger partial charge in [0.05, 0.1) is 23.3 Å². The van der Waals surface area contributed by atoms with Gasteiger partial charge in [0.25, 0.3) is 0 Å². The molecule has 6 rings (SSSR count). The number of hydrogen-bond donors (Lipinski definition) is 0. The topological polar surface area (TPSA) is 113 Å². The molecule has 1 aliphatic rings. The first-order valence-electron chi connectivity index (χ1n) is 14.0. The summed E-state index contributed by atoms with van der Waals surface area (Å²) in [5, 5.41) is 0. The first-order chi connectivity index (χ1) is 21.7. The third kappa shape index (κ3) is 9.45. The van der Waals surface area contributed by atoms with E-state index < -0.39 is 10.2 Å². The third-order valence-corrected chi connectivity index (χ3v) is 6.65. The normalized spacial score (nSPS) is 13.1. The van der Waals surface area contributed by atoms with Crippen LogP contribution >= 0.6 is 0 Å². The summed E-state index contributed by atoms with van der Waals surface area (Å²) in [7, 11) is -4.94. The van der Waals surface area contributed by atoms with Crippen molar-refractivity contribution in [3.8, 4) is 22.6 Å². The third-order valence-electron chi connectivity index (χ3n) is 6.65. The lowest BCUT2D eigenvalue weighted by molar-refractivity contribution is -2.00. The van der Waals surface area contributed by atoms with Gasteiger partial charge in [-0.15, -0.1) is 10.2 Å². The van der Waals surface area contributed by atoms with Crippen molar-refractivity contribution in [3.63, 3.8) is 0 Å². The largest absolute Gasteiger partial charge is 0.456 e. The maximum Gasteiger partial charge on any atom is 0.361 e. The molecule has 1 aromatic heterocycles. The molecule has 0 bridgehead atoms. The van der Waals surface area contributed by atoms with Crippen molar-refractivity contribution in [1.29, 1.82) is 0 Å². The highest BCUT2D eigenvalue weighted by molar-refractivity contribution is 5.78. The summed E-state index contributed by atoms with van der Waals surface area (Å²) in [6.45, 7) is 2.13. The van der Waals surface area contributed by atoms with E-state index in [0.717, 1.165) is 62.0 Å². The number of hydrogen-bond acceptors (Lipinski definition) is 5. The van der Waals surface area contributed by atoms with Crippen LogP contribution in [0.25, 0.3) is 40.2 Å². The van der Waals surface area contributed by atoms with Gasteiger partial charge in [-0.3, -0.25) is 0 Å². The molecular weight excluding hydrogens is 588 g/mol. The van der Waals surface area contributed by atoms with Gasteiger partial charge in [0.2, 0.25) is 0 Å². The molecule has 4 aromatic carbocycles. The van der Waals surface area contributed by atoms with E-state index in [1.807, 2.05) is 72.8 Å². The second-order valence-electron chi connectivity index (χ2n) is 10.1.